The van der Waals surface area contributed by atoms with E-state index >= 15 is 0 Å². The summed E-state index contributed by atoms with van der Waals surface area (Å²) in [5.41, 5.74) is 9.69. The van der Waals surface area contributed by atoms with Gasteiger partial charge in [-0.3, -0.25) is 0 Å². The van der Waals surface area contributed by atoms with Crippen LogP contribution in [0.1, 0.15) is 16.7 Å². The summed E-state index contributed by atoms with van der Waals surface area (Å²) in [4.78, 5) is 0. The molecule has 158 valence electrons. The van der Waals surface area contributed by atoms with Crippen molar-refractivity contribution in [2.24, 2.45) is 0 Å². The molecule has 5 rings (SSSR count). The number of benzene rings is 5. The van der Waals surface area contributed by atoms with Crippen LogP contribution in [0.4, 0.5) is 0 Å². The Bertz CT molecular complexity index is 1350. The Kier molecular flexibility index (Phi) is 6.32. The first-order valence-corrected chi connectivity index (χ1v) is 11.8. The van der Waals surface area contributed by atoms with Crippen molar-refractivity contribution >= 4 is 27.6 Å². The van der Waals surface area contributed by atoms with E-state index in [1.807, 2.05) is 6.07 Å². The van der Waals surface area contributed by atoms with Gasteiger partial charge in [0.2, 0.25) is 0 Å². The Labute approximate surface area is 204 Å². The minimum atomic E-state index is 1.08. The molecule has 0 heterocycles. The van der Waals surface area contributed by atoms with E-state index in [4.69, 9.17) is 0 Å². The van der Waals surface area contributed by atoms with Crippen LogP contribution >= 0.6 is 15.9 Å². The molecule has 0 radical (unpaired) electrons. The highest BCUT2D eigenvalue weighted by atomic mass is 79.9. The Morgan fingerprint density at radius 2 is 0.818 bits per heavy atom. The second kappa shape index (κ2) is 9.85. The first-order chi connectivity index (χ1) is 16.3. The second-order valence-corrected chi connectivity index (χ2v) is 8.91. The number of hydrogen-bond donors (Lipinski definition) is 0. The lowest BCUT2D eigenvalue weighted by molar-refractivity contribution is 1.53. The molecule has 0 aliphatic carbocycles. The van der Waals surface area contributed by atoms with Gasteiger partial charge in [0.1, 0.15) is 0 Å². The van der Waals surface area contributed by atoms with Gasteiger partial charge in [0.25, 0.3) is 0 Å². The third-order valence-electron chi connectivity index (χ3n) is 5.79. The number of halogens is 1. The second-order valence-electron chi connectivity index (χ2n) is 8.00. The smallest absolute Gasteiger partial charge is 0.0175 e. The van der Waals surface area contributed by atoms with Crippen molar-refractivity contribution in [1.82, 2.24) is 0 Å². The Hall–Kier alpha value is -3.68. The van der Waals surface area contributed by atoms with Gasteiger partial charge < -0.3 is 0 Å². The molecular formula is C32H23Br. The fourth-order valence-corrected chi connectivity index (χ4v) is 4.27. The number of hydrogen-bond acceptors (Lipinski definition) is 0. The van der Waals surface area contributed by atoms with Crippen LogP contribution in [-0.4, -0.2) is 0 Å². The minimum absolute atomic E-state index is 1.08. The number of rotatable bonds is 5. The van der Waals surface area contributed by atoms with E-state index in [-0.39, 0.29) is 0 Å². The molecule has 0 aliphatic rings. The van der Waals surface area contributed by atoms with E-state index in [0.717, 1.165) is 4.47 Å². The summed E-state index contributed by atoms with van der Waals surface area (Å²) in [6.07, 6.45) is 2.27. The lowest BCUT2D eigenvalue weighted by Gasteiger charge is -2.11. The van der Waals surface area contributed by atoms with Crippen LogP contribution in [0.15, 0.2) is 138 Å². The summed E-state index contributed by atoms with van der Waals surface area (Å²) in [6.45, 7) is 0. The third kappa shape index (κ3) is 5.05. The lowest BCUT2D eigenvalue weighted by atomic mass is 9.93. The molecular weight excluding hydrogens is 464 g/mol. The quantitative estimate of drug-likeness (QED) is 0.217. The lowest BCUT2D eigenvalue weighted by Crippen LogP contribution is -1.89. The van der Waals surface area contributed by atoms with Crippen LogP contribution in [0.3, 0.4) is 0 Å². The molecule has 5 aromatic rings. The molecule has 0 saturated heterocycles. The van der Waals surface area contributed by atoms with Gasteiger partial charge >= 0.3 is 0 Å². The molecule has 0 unspecified atom stereocenters. The van der Waals surface area contributed by atoms with Gasteiger partial charge in [-0.1, -0.05) is 137 Å². The summed E-state index contributed by atoms with van der Waals surface area (Å²) in [6, 6.07) is 47.1. The zero-order valence-corrected chi connectivity index (χ0v) is 19.7. The molecule has 0 aliphatic heterocycles. The summed E-state index contributed by atoms with van der Waals surface area (Å²) >= 11 is 3.56. The Morgan fingerprint density at radius 3 is 1.30 bits per heavy atom. The highest BCUT2D eigenvalue weighted by Crippen LogP contribution is 2.30. The van der Waals surface area contributed by atoms with Crippen LogP contribution < -0.4 is 0 Å². The van der Waals surface area contributed by atoms with E-state index in [9.17, 15) is 0 Å². The van der Waals surface area contributed by atoms with Crippen molar-refractivity contribution in [3.8, 4) is 22.3 Å². The Morgan fingerprint density at radius 1 is 0.424 bits per heavy atom. The molecule has 0 aromatic heterocycles. The van der Waals surface area contributed by atoms with Crippen molar-refractivity contribution in [3.05, 3.63) is 155 Å². The maximum atomic E-state index is 3.56. The molecule has 0 bridgehead atoms. The van der Waals surface area contributed by atoms with E-state index < -0.39 is 0 Å². The van der Waals surface area contributed by atoms with Crippen LogP contribution in [0.5, 0.6) is 0 Å². The minimum Gasteiger partial charge on any atom is -0.0622 e. The van der Waals surface area contributed by atoms with E-state index in [2.05, 4.69) is 149 Å². The van der Waals surface area contributed by atoms with Gasteiger partial charge in [0, 0.05) is 4.47 Å². The first kappa shape index (κ1) is 21.2. The zero-order valence-electron chi connectivity index (χ0n) is 18.2. The van der Waals surface area contributed by atoms with Crippen LogP contribution in [0, 0.1) is 0 Å². The predicted octanol–water partition coefficient (Wildman–Crippen LogP) is 9.37. The van der Waals surface area contributed by atoms with Crippen LogP contribution in [-0.2, 0) is 0 Å². The highest BCUT2D eigenvalue weighted by Gasteiger charge is 2.07. The summed E-state index contributed by atoms with van der Waals surface area (Å²) < 4.78 is 1.08. The largest absolute Gasteiger partial charge is 0.0622 e. The normalized spacial score (nSPS) is 11.4. The summed E-state index contributed by atoms with van der Waals surface area (Å²) in [7, 11) is 0. The third-order valence-corrected chi connectivity index (χ3v) is 6.32. The standard InChI is InChI=1S/C32H23Br/c33-31-21-19-30(20-22-31)32(29-17-15-28(16-18-29)26-9-5-2-6-10-26)23-24-11-13-27(14-12-24)25-7-3-1-4-8-25/h1-23H/b32-23+. The highest BCUT2D eigenvalue weighted by molar-refractivity contribution is 9.10. The van der Waals surface area contributed by atoms with Crippen molar-refractivity contribution in [2.45, 2.75) is 0 Å². The molecule has 0 atom stereocenters. The fraction of sp³-hybridized carbons (Fsp3) is 0. The van der Waals surface area contributed by atoms with E-state index in [0.29, 0.717) is 0 Å². The monoisotopic (exact) mass is 486 g/mol. The SMILES string of the molecule is Brc1ccc(/C(=C/c2ccc(-c3ccccc3)cc2)c2ccc(-c3ccccc3)cc2)cc1. The maximum Gasteiger partial charge on any atom is 0.0175 e. The zero-order chi connectivity index (χ0) is 22.5. The summed E-state index contributed by atoms with van der Waals surface area (Å²) in [5, 5.41) is 0. The molecule has 5 aromatic carbocycles. The molecule has 0 spiro atoms. The summed E-state index contributed by atoms with van der Waals surface area (Å²) in [5.74, 6) is 0. The maximum absolute atomic E-state index is 3.56. The topological polar surface area (TPSA) is 0 Å². The van der Waals surface area contributed by atoms with Crippen LogP contribution in [0.25, 0.3) is 33.9 Å². The van der Waals surface area contributed by atoms with Gasteiger partial charge in [-0.15, -0.1) is 0 Å². The van der Waals surface area contributed by atoms with Gasteiger partial charge in [0.05, 0.1) is 0 Å². The molecule has 0 saturated carbocycles. The fourth-order valence-electron chi connectivity index (χ4n) is 4.00. The first-order valence-electron chi connectivity index (χ1n) is 11.1. The van der Waals surface area contributed by atoms with Gasteiger partial charge in [-0.05, 0) is 62.7 Å². The van der Waals surface area contributed by atoms with Gasteiger partial charge in [0.15, 0.2) is 0 Å². The van der Waals surface area contributed by atoms with Gasteiger partial charge in [-0.2, -0.15) is 0 Å². The van der Waals surface area contributed by atoms with Gasteiger partial charge in [-0.25, -0.2) is 0 Å². The van der Waals surface area contributed by atoms with Crippen LogP contribution in [0.2, 0.25) is 0 Å². The molecule has 33 heavy (non-hydrogen) atoms. The Balaban J connectivity index is 1.52. The van der Waals surface area contributed by atoms with E-state index in [1.165, 1.54) is 44.5 Å². The molecule has 0 fully saturated rings. The predicted molar refractivity (Wildman–Crippen MR) is 145 cm³/mol. The van der Waals surface area contributed by atoms with E-state index in [1.54, 1.807) is 0 Å². The van der Waals surface area contributed by atoms with Crippen molar-refractivity contribution in [3.63, 3.8) is 0 Å². The van der Waals surface area contributed by atoms with Crippen molar-refractivity contribution < 1.29 is 0 Å². The molecule has 0 amide bonds. The van der Waals surface area contributed by atoms with Crippen molar-refractivity contribution in [1.29, 1.82) is 0 Å². The molecule has 1 heteroatoms. The average Bonchev–Trinajstić information content (AvgIpc) is 2.89. The molecule has 0 N–H and O–H groups in total. The molecule has 0 nitrogen and oxygen atoms in total. The van der Waals surface area contributed by atoms with Crippen molar-refractivity contribution in [2.75, 3.05) is 0 Å². The average molecular weight is 487 g/mol.